The van der Waals surface area contributed by atoms with Crippen LogP contribution in [0.1, 0.15) is 81.3 Å². The molecular weight excluding hydrogens is 606 g/mol. The predicted octanol–water partition coefficient (Wildman–Crippen LogP) is 7.29. The summed E-state index contributed by atoms with van der Waals surface area (Å²) in [6.07, 6.45) is 7.66. The lowest BCUT2D eigenvalue weighted by Gasteiger charge is -2.29. The topological polar surface area (TPSA) is 107 Å². The molecule has 0 aliphatic heterocycles. The number of rotatable bonds is 16. The van der Waals surface area contributed by atoms with Gasteiger partial charge in [-0.25, -0.2) is 8.78 Å². The van der Waals surface area contributed by atoms with Crippen LogP contribution in [0, 0.1) is 17.6 Å². The Balaban J connectivity index is 1.00. The highest BCUT2D eigenvalue weighted by Gasteiger charge is 2.26. The van der Waals surface area contributed by atoms with Gasteiger partial charge in [-0.05, 0) is 102 Å². The Hall–Kier alpha value is -4.31. The first kappa shape index (κ1) is 34.0. The number of imide groups is 1. The third-order valence-electron chi connectivity index (χ3n) is 9.14. The molecule has 3 atom stereocenters. The summed E-state index contributed by atoms with van der Waals surface area (Å²) in [5.74, 6) is -0.0258. The van der Waals surface area contributed by atoms with Crippen molar-refractivity contribution in [3.8, 4) is 5.75 Å². The highest BCUT2D eigenvalue weighted by atomic mass is 19.1. The molecule has 3 aromatic carbocycles. The highest BCUT2D eigenvalue weighted by Crippen LogP contribution is 2.39. The van der Waals surface area contributed by atoms with Crippen LogP contribution >= 0.6 is 0 Å². The first-order valence-electron chi connectivity index (χ1n) is 16.4. The zero-order chi connectivity index (χ0) is 33.2. The van der Waals surface area contributed by atoms with E-state index in [9.17, 15) is 23.2 Å². The number of carbonyl (C=O) groups excluding carboxylic acids is 3. The Morgan fingerprint density at radius 1 is 1.02 bits per heavy atom. The number of hydrogen-bond acceptors (Lipinski definition) is 6. The molecule has 10 heteroatoms. The number of fused-ring (bicyclic) bond motifs is 3. The van der Waals surface area contributed by atoms with Gasteiger partial charge in [0.05, 0.1) is 19.5 Å². The van der Waals surface area contributed by atoms with E-state index in [0.29, 0.717) is 62.8 Å². The molecule has 4 aromatic rings. The molecule has 0 bridgehead atoms. The van der Waals surface area contributed by atoms with Crippen molar-refractivity contribution in [2.75, 3.05) is 26.4 Å². The van der Waals surface area contributed by atoms with E-state index in [4.69, 9.17) is 13.9 Å². The van der Waals surface area contributed by atoms with Crippen molar-refractivity contribution < 1.29 is 37.1 Å². The van der Waals surface area contributed by atoms with Crippen LogP contribution in [-0.4, -0.2) is 44.6 Å². The molecule has 2 N–H and O–H groups in total. The lowest BCUT2D eigenvalue weighted by Crippen LogP contribution is -2.28. The Morgan fingerprint density at radius 2 is 1.89 bits per heavy atom. The lowest BCUT2D eigenvalue weighted by molar-refractivity contribution is -0.125. The Kier molecular flexibility index (Phi) is 11.9. The number of nitrogens with one attached hydrogen (secondary N) is 2. The molecule has 1 heterocycles. The molecule has 3 amide bonds. The molecule has 0 spiro atoms. The molecule has 47 heavy (non-hydrogen) atoms. The Labute approximate surface area is 273 Å². The van der Waals surface area contributed by atoms with Gasteiger partial charge < -0.3 is 19.2 Å². The van der Waals surface area contributed by atoms with Crippen LogP contribution in [0.15, 0.2) is 59.2 Å². The van der Waals surface area contributed by atoms with E-state index >= 15 is 0 Å². The van der Waals surface area contributed by atoms with Gasteiger partial charge in [-0.2, -0.15) is 0 Å². The first-order chi connectivity index (χ1) is 22.8. The van der Waals surface area contributed by atoms with Crippen molar-refractivity contribution in [1.82, 2.24) is 10.6 Å². The van der Waals surface area contributed by atoms with Gasteiger partial charge in [0.1, 0.15) is 29.6 Å². The van der Waals surface area contributed by atoms with Gasteiger partial charge in [-0.3, -0.25) is 19.7 Å². The van der Waals surface area contributed by atoms with E-state index in [1.54, 1.807) is 6.26 Å². The third kappa shape index (κ3) is 9.16. The van der Waals surface area contributed by atoms with Crippen LogP contribution in [0.25, 0.3) is 21.7 Å². The highest BCUT2D eigenvalue weighted by molar-refractivity contribution is 6.08. The van der Waals surface area contributed by atoms with Gasteiger partial charge in [0.15, 0.2) is 0 Å². The van der Waals surface area contributed by atoms with Crippen molar-refractivity contribution in [3.05, 3.63) is 77.6 Å². The maximum atomic E-state index is 14.2. The number of hydrogen-bond donors (Lipinski definition) is 2. The van der Waals surface area contributed by atoms with Gasteiger partial charge >= 0.3 is 0 Å². The molecule has 250 valence electrons. The first-order valence-corrected chi connectivity index (χ1v) is 16.4. The molecule has 0 radical (unpaired) electrons. The van der Waals surface area contributed by atoms with E-state index in [0.717, 1.165) is 65.5 Å². The van der Waals surface area contributed by atoms with E-state index < -0.39 is 5.82 Å². The van der Waals surface area contributed by atoms with E-state index in [1.807, 2.05) is 37.3 Å². The van der Waals surface area contributed by atoms with Crippen molar-refractivity contribution in [2.24, 2.45) is 5.92 Å². The molecular formula is C37H42F2N2O6. The second-order valence-electron chi connectivity index (χ2n) is 12.4. The fraction of sp³-hybridized carbons (Fsp3) is 0.432. The predicted molar refractivity (Wildman–Crippen MR) is 175 cm³/mol. The summed E-state index contributed by atoms with van der Waals surface area (Å²) in [4.78, 5) is 34.6. The van der Waals surface area contributed by atoms with E-state index in [2.05, 4.69) is 10.6 Å². The summed E-state index contributed by atoms with van der Waals surface area (Å²) < 4.78 is 45.3. The molecule has 0 saturated heterocycles. The normalized spacial score (nSPS) is 17.0. The number of furan rings is 1. The van der Waals surface area contributed by atoms with Gasteiger partial charge in [0, 0.05) is 30.3 Å². The summed E-state index contributed by atoms with van der Waals surface area (Å²) in [5.41, 5.74) is 2.24. The smallest absolute Gasteiger partial charge is 0.226 e. The van der Waals surface area contributed by atoms with E-state index in [-0.39, 0.29) is 35.9 Å². The minimum Gasteiger partial charge on any atom is -0.491 e. The quantitative estimate of drug-likeness (QED) is 0.0977. The van der Waals surface area contributed by atoms with Crippen molar-refractivity contribution in [3.63, 3.8) is 0 Å². The van der Waals surface area contributed by atoms with Crippen LogP contribution in [-0.2, 0) is 19.1 Å². The zero-order valence-corrected chi connectivity index (χ0v) is 26.7. The average Bonchev–Trinajstić information content (AvgIpc) is 3.52. The fourth-order valence-electron chi connectivity index (χ4n) is 6.63. The number of benzene rings is 3. The minimum atomic E-state index is -0.415. The largest absolute Gasteiger partial charge is 0.491 e. The third-order valence-corrected chi connectivity index (χ3v) is 9.14. The van der Waals surface area contributed by atoms with Crippen molar-refractivity contribution >= 4 is 40.0 Å². The molecule has 1 aliphatic carbocycles. The Bertz CT molecular complexity index is 1690. The number of halogens is 2. The van der Waals surface area contributed by atoms with Gasteiger partial charge in [0.2, 0.25) is 18.2 Å². The van der Waals surface area contributed by atoms with Crippen molar-refractivity contribution in [1.29, 1.82) is 0 Å². The second kappa shape index (κ2) is 16.5. The SMILES string of the molecule is CC(CCC(=O)NC=O)c1coc2ccc3cc(OCCOCCNC(=O)CCC4CCCC(c5cc(F)ccc5F)C4)ccc3c12. The fourth-order valence-corrected chi connectivity index (χ4v) is 6.63. The maximum Gasteiger partial charge on any atom is 0.226 e. The van der Waals surface area contributed by atoms with E-state index in [1.165, 1.54) is 12.1 Å². The zero-order valence-electron chi connectivity index (χ0n) is 26.7. The van der Waals surface area contributed by atoms with Crippen LogP contribution < -0.4 is 15.4 Å². The number of amides is 3. The summed E-state index contributed by atoms with van der Waals surface area (Å²) in [6.45, 7) is 3.53. The molecule has 1 fully saturated rings. The molecule has 3 unspecified atom stereocenters. The molecule has 1 aromatic heterocycles. The minimum absolute atomic E-state index is 0.00455. The molecule has 1 aliphatic rings. The number of carbonyl (C=O) groups is 3. The van der Waals surface area contributed by atoms with Gasteiger partial charge in [0.25, 0.3) is 0 Å². The molecule has 5 rings (SSSR count). The maximum absolute atomic E-state index is 14.2. The van der Waals surface area contributed by atoms with Gasteiger partial charge in [-0.1, -0.05) is 25.8 Å². The van der Waals surface area contributed by atoms with Crippen LogP contribution in [0.5, 0.6) is 5.75 Å². The summed E-state index contributed by atoms with van der Waals surface area (Å²) in [7, 11) is 0. The second-order valence-corrected chi connectivity index (χ2v) is 12.4. The standard InChI is InChI=1S/C37H42F2N2O6/c1-24(5-13-36(44)41-23-42)32-22-47-34-12-7-27-20-29(9-10-30(27)37(32)34)46-18-17-45-16-15-40-35(43)14-6-25-3-2-4-26(19-25)31-21-28(38)8-11-33(31)39/h7-12,20-26H,2-6,13-19H2,1H3,(H,40,43)(H,41,42,44). The lowest BCUT2D eigenvalue weighted by atomic mass is 9.76. The summed E-state index contributed by atoms with van der Waals surface area (Å²) in [5, 5.41) is 8.11. The molecule has 8 nitrogen and oxygen atoms in total. The summed E-state index contributed by atoms with van der Waals surface area (Å²) >= 11 is 0. The molecule has 1 saturated carbocycles. The summed E-state index contributed by atoms with van der Waals surface area (Å²) in [6, 6.07) is 13.4. The van der Waals surface area contributed by atoms with Crippen LogP contribution in [0.2, 0.25) is 0 Å². The average molecular weight is 649 g/mol. The number of ether oxygens (including phenoxy) is 2. The van der Waals surface area contributed by atoms with Gasteiger partial charge in [-0.15, -0.1) is 0 Å². The van der Waals surface area contributed by atoms with Crippen LogP contribution in [0.4, 0.5) is 8.78 Å². The monoisotopic (exact) mass is 648 g/mol. The Morgan fingerprint density at radius 3 is 2.74 bits per heavy atom. The van der Waals surface area contributed by atoms with Crippen LogP contribution in [0.3, 0.4) is 0 Å². The van der Waals surface area contributed by atoms with Crippen molar-refractivity contribution in [2.45, 2.75) is 70.1 Å².